The van der Waals surface area contributed by atoms with Gasteiger partial charge in [0.2, 0.25) is 0 Å². The summed E-state index contributed by atoms with van der Waals surface area (Å²) in [6, 6.07) is 18.6. The van der Waals surface area contributed by atoms with Crippen molar-refractivity contribution >= 4 is 5.69 Å². The lowest BCUT2D eigenvalue weighted by molar-refractivity contribution is 0.735. The summed E-state index contributed by atoms with van der Waals surface area (Å²) in [6.45, 7) is 4.30. The van der Waals surface area contributed by atoms with Crippen LogP contribution in [-0.2, 0) is 6.54 Å². The van der Waals surface area contributed by atoms with Crippen molar-refractivity contribution in [2.75, 3.05) is 18.0 Å². The fraction of sp³-hybridized carbons (Fsp3) is 0.278. The molecule has 0 aliphatic carbocycles. The van der Waals surface area contributed by atoms with Gasteiger partial charge in [-0.1, -0.05) is 36.4 Å². The van der Waals surface area contributed by atoms with Gasteiger partial charge in [0.1, 0.15) is 6.07 Å². The van der Waals surface area contributed by atoms with Gasteiger partial charge in [0.15, 0.2) is 0 Å². The molecular weight excluding hydrogens is 258 g/mol. The molecule has 21 heavy (non-hydrogen) atoms. The number of rotatable bonds is 6. The van der Waals surface area contributed by atoms with E-state index in [-0.39, 0.29) is 0 Å². The van der Waals surface area contributed by atoms with Gasteiger partial charge >= 0.3 is 0 Å². The average Bonchev–Trinajstić information content (AvgIpc) is 2.52. The van der Waals surface area contributed by atoms with Crippen molar-refractivity contribution in [2.45, 2.75) is 19.9 Å². The zero-order valence-electron chi connectivity index (χ0n) is 12.4. The Morgan fingerprint density at radius 3 is 2.57 bits per heavy atom. The molecule has 3 nitrogen and oxygen atoms in total. The molecule has 0 heterocycles. The first kappa shape index (κ1) is 15.1. The van der Waals surface area contributed by atoms with Gasteiger partial charge in [-0.05, 0) is 43.1 Å². The Balaban J connectivity index is 2.29. The first-order valence-electron chi connectivity index (χ1n) is 7.24. The summed E-state index contributed by atoms with van der Waals surface area (Å²) in [4.78, 5) is 2.24. The molecule has 0 spiro atoms. The second kappa shape index (κ2) is 7.47. The van der Waals surface area contributed by atoms with Crippen molar-refractivity contribution in [3.05, 3.63) is 65.2 Å². The number of anilines is 1. The maximum Gasteiger partial charge on any atom is 0.101 e. The zero-order chi connectivity index (χ0) is 15.1. The third-order valence-corrected chi connectivity index (χ3v) is 3.46. The molecule has 0 aliphatic heterocycles. The highest BCUT2D eigenvalue weighted by molar-refractivity contribution is 5.60. The van der Waals surface area contributed by atoms with E-state index in [4.69, 9.17) is 5.73 Å². The van der Waals surface area contributed by atoms with Gasteiger partial charge in [-0.2, -0.15) is 5.26 Å². The van der Waals surface area contributed by atoms with E-state index in [0.29, 0.717) is 6.54 Å². The van der Waals surface area contributed by atoms with Crippen molar-refractivity contribution in [2.24, 2.45) is 5.73 Å². The van der Waals surface area contributed by atoms with Gasteiger partial charge < -0.3 is 10.6 Å². The van der Waals surface area contributed by atoms with Crippen LogP contribution < -0.4 is 10.6 Å². The van der Waals surface area contributed by atoms with Crippen LogP contribution in [0.4, 0.5) is 5.69 Å². The topological polar surface area (TPSA) is 53.0 Å². The van der Waals surface area contributed by atoms with Crippen molar-refractivity contribution in [1.82, 2.24) is 0 Å². The number of nitrogens with zero attached hydrogens (tertiary/aromatic N) is 2. The molecule has 2 rings (SSSR count). The van der Waals surface area contributed by atoms with Crippen LogP contribution in [0.5, 0.6) is 0 Å². The molecule has 0 aliphatic rings. The monoisotopic (exact) mass is 279 g/mol. The van der Waals surface area contributed by atoms with Crippen molar-refractivity contribution in [3.63, 3.8) is 0 Å². The lowest BCUT2D eigenvalue weighted by Crippen LogP contribution is -2.26. The average molecular weight is 279 g/mol. The number of nitrogens with two attached hydrogens (primary N) is 1. The lowest BCUT2D eigenvalue weighted by atomic mass is 10.1. The van der Waals surface area contributed by atoms with E-state index in [9.17, 15) is 5.26 Å². The second-order valence-electron chi connectivity index (χ2n) is 5.18. The molecule has 0 bridgehead atoms. The molecule has 2 N–H and O–H groups in total. The predicted molar refractivity (Wildman–Crippen MR) is 87.1 cm³/mol. The van der Waals surface area contributed by atoms with E-state index in [1.54, 1.807) is 0 Å². The maximum absolute atomic E-state index is 9.38. The molecule has 108 valence electrons. The molecular formula is C18H21N3. The molecule has 2 aromatic rings. The second-order valence-corrected chi connectivity index (χ2v) is 5.18. The summed E-state index contributed by atoms with van der Waals surface area (Å²) < 4.78 is 0. The highest BCUT2D eigenvalue weighted by atomic mass is 15.1. The molecule has 0 aromatic heterocycles. The Morgan fingerprint density at radius 2 is 1.90 bits per heavy atom. The molecule has 0 radical (unpaired) electrons. The number of hydrogen-bond acceptors (Lipinski definition) is 3. The molecule has 0 fully saturated rings. The first-order valence-corrected chi connectivity index (χ1v) is 7.24. The lowest BCUT2D eigenvalue weighted by Gasteiger charge is -2.26. The summed E-state index contributed by atoms with van der Waals surface area (Å²) in [5.74, 6) is 0. The quantitative estimate of drug-likeness (QED) is 0.883. The molecule has 2 aromatic carbocycles. The number of benzene rings is 2. The van der Waals surface area contributed by atoms with Gasteiger partial charge in [-0.25, -0.2) is 0 Å². The number of hydrogen-bond donors (Lipinski definition) is 1. The van der Waals surface area contributed by atoms with Crippen molar-refractivity contribution in [1.29, 1.82) is 5.26 Å². The summed E-state index contributed by atoms with van der Waals surface area (Å²) in [5, 5.41) is 9.38. The summed E-state index contributed by atoms with van der Waals surface area (Å²) >= 11 is 0. The fourth-order valence-corrected chi connectivity index (χ4v) is 2.39. The van der Waals surface area contributed by atoms with E-state index in [2.05, 4.69) is 29.2 Å². The number of aryl methyl sites for hydroxylation is 1. The van der Waals surface area contributed by atoms with Gasteiger partial charge in [0, 0.05) is 13.1 Å². The third-order valence-electron chi connectivity index (χ3n) is 3.46. The molecule has 0 atom stereocenters. The molecule has 0 saturated carbocycles. The standard InChI is InChI=1S/C18H21N3/c1-15-8-9-18(17(12-15)13-20)21(11-5-10-19)14-16-6-3-2-4-7-16/h2-4,6-9,12H,5,10-11,14,19H2,1H3. The Hall–Kier alpha value is -2.31. The van der Waals surface area contributed by atoms with Crippen molar-refractivity contribution < 1.29 is 0 Å². The van der Waals surface area contributed by atoms with E-state index >= 15 is 0 Å². The Morgan fingerprint density at radius 1 is 1.14 bits per heavy atom. The molecule has 3 heteroatoms. The van der Waals surface area contributed by atoms with E-state index < -0.39 is 0 Å². The van der Waals surface area contributed by atoms with Crippen LogP contribution >= 0.6 is 0 Å². The Labute approximate surface area is 126 Å². The zero-order valence-corrected chi connectivity index (χ0v) is 12.4. The maximum atomic E-state index is 9.38. The fourth-order valence-electron chi connectivity index (χ4n) is 2.39. The Bertz CT molecular complexity index is 614. The largest absolute Gasteiger partial charge is 0.366 e. The normalized spacial score (nSPS) is 10.1. The van der Waals surface area contributed by atoms with Crippen LogP contribution in [0.15, 0.2) is 48.5 Å². The van der Waals surface area contributed by atoms with Gasteiger partial charge in [0.25, 0.3) is 0 Å². The first-order chi connectivity index (χ1) is 10.2. The van der Waals surface area contributed by atoms with Gasteiger partial charge in [0.05, 0.1) is 11.3 Å². The Kier molecular flexibility index (Phi) is 5.36. The summed E-state index contributed by atoms with van der Waals surface area (Å²) in [6.07, 6.45) is 0.908. The van der Waals surface area contributed by atoms with Gasteiger partial charge in [-0.15, -0.1) is 0 Å². The van der Waals surface area contributed by atoms with Crippen molar-refractivity contribution in [3.8, 4) is 6.07 Å². The van der Waals surface area contributed by atoms with Crippen LogP contribution in [0.3, 0.4) is 0 Å². The number of nitriles is 1. The van der Waals surface area contributed by atoms with Gasteiger partial charge in [-0.3, -0.25) is 0 Å². The van der Waals surface area contributed by atoms with Crippen LogP contribution in [0, 0.1) is 18.3 Å². The molecule has 0 amide bonds. The van der Waals surface area contributed by atoms with Crippen LogP contribution in [-0.4, -0.2) is 13.1 Å². The highest BCUT2D eigenvalue weighted by Gasteiger charge is 2.11. The molecule has 0 unspecified atom stereocenters. The van der Waals surface area contributed by atoms with Crippen LogP contribution in [0.25, 0.3) is 0 Å². The third kappa shape index (κ3) is 4.08. The minimum Gasteiger partial charge on any atom is -0.366 e. The van der Waals surface area contributed by atoms with E-state index in [1.807, 2.05) is 37.3 Å². The predicted octanol–water partition coefficient (Wildman–Crippen LogP) is 3.22. The van der Waals surface area contributed by atoms with Crippen LogP contribution in [0.1, 0.15) is 23.1 Å². The molecule has 0 saturated heterocycles. The summed E-state index contributed by atoms with van der Waals surface area (Å²) in [5.41, 5.74) is 9.70. The SMILES string of the molecule is Cc1ccc(N(CCCN)Cc2ccccc2)c(C#N)c1. The smallest absolute Gasteiger partial charge is 0.101 e. The minimum absolute atomic E-state index is 0.652. The van der Waals surface area contributed by atoms with E-state index in [0.717, 1.165) is 36.3 Å². The highest BCUT2D eigenvalue weighted by Crippen LogP contribution is 2.23. The summed E-state index contributed by atoms with van der Waals surface area (Å²) in [7, 11) is 0. The van der Waals surface area contributed by atoms with E-state index in [1.165, 1.54) is 5.56 Å². The minimum atomic E-state index is 0.652. The van der Waals surface area contributed by atoms with Crippen LogP contribution in [0.2, 0.25) is 0 Å².